The van der Waals surface area contributed by atoms with Gasteiger partial charge in [-0.2, -0.15) is 0 Å². The highest BCUT2D eigenvalue weighted by Gasteiger charge is 2.29. The van der Waals surface area contributed by atoms with Gasteiger partial charge in [0.05, 0.1) is 7.11 Å². The van der Waals surface area contributed by atoms with Gasteiger partial charge in [-0.25, -0.2) is 4.79 Å². The summed E-state index contributed by atoms with van der Waals surface area (Å²) in [7, 11) is 1.56. The van der Waals surface area contributed by atoms with Crippen molar-refractivity contribution in [3.05, 3.63) is 59.7 Å². The van der Waals surface area contributed by atoms with Gasteiger partial charge in [-0.05, 0) is 37.6 Å². The van der Waals surface area contributed by atoms with Crippen molar-refractivity contribution in [2.75, 3.05) is 18.6 Å². The second-order valence-corrected chi connectivity index (χ2v) is 5.11. The number of likely N-dealkylation sites (N-methyl/N-ethyl adjacent to an activating group) is 1. The number of methoxy groups -OCH3 is 1. The number of anilines is 1. The summed E-state index contributed by atoms with van der Waals surface area (Å²) in [5.41, 5.74) is 2.64. The van der Waals surface area contributed by atoms with Crippen LogP contribution in [0.3, 0.4) is 0 Å². The smallest absolute Gasteiger partial charge is 0.331 e. The first-order valence-electron chi connectivity index (χ1n) is 7.27. The number of carboxylic acid groups (broad SMARTS) is 1. The lowest BCUT2D eigenvalue weighted by atomic mass is 10.0. The molecule has 1 N–H and O–H groups in total. The average molecular weight is 299 g/mol. The zero-order valence-electron chi connectivity index (χ0n) is 13.1. The molecular formula is C18H21NO3. The first-order chi connectivity index (χ1) is 10.6. The summed E-state index contributed by atoms with van der Waals surface area (Å²) in [4.78, 5) is 13.8. The van der Waals surface area contributed by atoms with E-state index in [1.807, 2.05) is 55.1 Å². The highest BCUT2D eigenvalue weighted by molar-refractivity contribution is 5.81. The Morgan fingerprint density at radius 1 is 1.23 bits per heavy atom. The van der Waals surface area contributed by atoms with Crippen LogP contribution in [0, 0.1) is 6.92 Å². The van der Waals surface area contributed by atoms with Crippen molar-refractivity contribution in [1.29, 1.82) is 0 Å². The second kappa shape index (κ2) is 6.98. The average Bonchev–Trinajstić information content (AvgIpc) is 2.52. The summed E-state index contributed by atoms with van der Waals surface area (Å²) in [6.07, 6.45) is 0. The van der Waals surface area contributed by atoms with Crippen molar-refractivity contribution in [2.45, 2.75) is 19.9 Å². The fourth-order valence-electron chi connectivity index (χ4n) is 2.65. The number of hydrogen-bond acceptors (Lipinski definition) is 3. The molecule has 4 heteroatoms. The van der Waals surface area contributed by atoms with Crippen molar-refractivity contribution in [3.8, 4) is 5.75 Å². The Hall–Kier alpha value is -2.49. The monoisotopic (exact) mass is 299 g/mol. The van der Waals surface area contributed by atoms with Gasteiger partial charge in [0.2, 0.25) is 0 Å². The summed E-state index contributed by atoms with van der Waals surface area (Å²) in [6.45, 7) is 4.53. The minimum absolute atomic E-state index is 0.582. The van der Waals surface area contributed by atoms with Crippen molar-refractivity contribution < 1.29 is 14.6 Å². The fraction of sp³-hybridized carbons (Fsp3) is 0.278. The lowest BCUT2D eigenvalue weighted by molar-refractivity contribution is -0.138. The topological polar surface area (TPSA) is 49.8 Å². The summed E-state index contributed by atoms with van der Waals surface area (Å²) in [6, 6.07) is 14.3. The normalized spacial score (nSPS) is 11.8. The van der Waals surface area contributed by atoms with E-state index in [4.69, 9.17) is 4.74 Å². The summed E-state index contributed by atoms with van der Waals surface area (Å²) < 4.78 is 5.34. The molecule has 1 atom stereocenters. The fourth-order valence-corrected chi connectivity index (χ4v) is 2.65. The van der Waals surface area contributed by atoms with Crippen molar-refractivity contribution >= 4 is 11.7 Å². The van der Waals surface area contributed by atoms with Gasteiger partial charge < -0.3 is 14.7 Å². The largest absolute Gasteiger partial charge is 0.496 e. The first kappa shape index (κ1) is 15.9. The van der Waals surface area contributed by atoms with Crippen molar-refractivity contribution in [1.82, 2.24) is 0 Å². The molecule has 2 rings (SSSR count). The molecular weight excluding hydrogens is 278 g/mol. The molecule has 1 unspecified atom stereocenters. The van der Waals surface area contributed by atoms with E-state index in [0.29, 0.717) is 17.9 Å². The summed E-state index contributed by atoms with van der Waals surface area (Å²) in [5, 5.41) is 9.78. The maximum absolute atomic E-state index is 11.9. The van der Waals surface area contributed by atoms with E-state index in [0.717, 1.165) is 11.3 Å². The molecule has 4 nitrogen and oxygen atoms in total. The number of ether oxygens (including phenoxy) is 1. The predicted octanol–water partition coefficient (Wildman–Crippen LogP) is 3.66. The maximum atomic E-state index is 11.9. The van der Waals surface area contributed by atoms with Gasteiger partial charge in [0.25, 0.3) is 0 Å². The molecule has 2 aromatic carbocycles. The van der Waals surface area contributed by atoms with Crippen LogP contribution in [0.1, 0.15) is 24.1 Å². The van der Waals surface area contributed by atoms with Gasteiger partial charge in [-0.1, -0.05) is 30.3 Å². The molecule has 0 aromatic heterocycles. The Bertz CT molecular complexity index is 654. The molecule has 2 aromatic rings. The second-order valence-electron chi connectivity index (χ2n) is 5.11. The third kappa shape index (κ3) is 3.22. The van der Waals surface area contributed by atoms with Gasteiger partial charge in [-0.3, -0.25) is 0 Å². The van der Waals surface area contributed by atoms with Crippen molar-refractivity contribution in [2.24, 2.45) is 0 Å². The number of nitrogens with zero attached hydrogens (tertiary/aromatic N) is 1. The Labute approximate surface area is 131 Å². The van der Waals surface area contributed by atoms with E-state index < -0.39 is 12.0 Å². The summed E-state index contributed by atoms with van der Waals surface area (Å²) >= 11 is 0. The number of hydrogen-bond donors (Lipinski definition) is 1. The Kier molecular flexibility index (Phi) is 5.04. The Morgan fingerprint density at radius 3 is 2.55 bits per heavy atom. The molecule has 0 aliphatic rings. The van der Waals surface area contributed by atoms with Gasteiger partial charge in [0.1, 0.15) is 5.75 Å². The standard InChI is InChI=1S/C18H21NO3/c1-4-19(14-9-7-8-13(2)12-14)17(18(20)21)15-10-5-6-11-16(15)22-3/h5-12,17H,4H2,1-3H3,(H,20,21). The molecule has 0 spiro atoms. The zero-order valence-corrected chi connectivity index (χ0v) is 13.1. The van der Waals surface area contributed by atoms with Gasteiger partial charge in [0, 0.05) is 17.8 Å². The molecule has 0 bridgehead atoms. The molecule has 0 heterocycles. The Morgan fingerprint density at radius 2 is 1.95 bits per heavy atom. The minimum Gasteiger partial charge on any atom is -0.496 e. The third-order valence-corrected chi connectivity index (χ3v) is 3.65. The van der Waals surface area contributed by atoms with Crippen LogP contribution >= 0.6 is 0 Å². The molecule has 116 valence electrons. The maximum Gasteiger partial charge on any atom is 0.331 e. The number of carboxylic acids is 1. The van der Waals surface area contributed by atoms with E-state index in [9.17, 15) is 9.90 Å². The lowest BCUT2D eigenvalue weighted by Gasteiger charge is -2.31. The molecule has 0 fully saturated rings. The highest BCUT2D eigenvalue weighted by atomic mass is 16.5. The van der Waals surface area contributed by atoms with Crippen LogP contribution in [0.2, 0.25) is 0 Å². The SMILES string of the molecule is CCN(c1cccc(C)c1)C(C(=O)O)c1ccccc1OC. The van der Waals surface area contributed by atoms with Crippen LogP contribution in [0.4, 0.5) is 5.69 Å². The van der Waals surface area contributed by atoms with E-state index in [2.05, 4.69) is 0 Å². The number of para-hydroxylation sites is 1. The van der Waals surface area contributed by atoms with Gasteiger partial charge >= 0.3 is 5.97 Å². The molecule has 0 aliphatic carbocycles. The van der Waals surface area contributed by atoms with Crippen molar-refractivity contribution in [3.63, 3.8) is 0 Å². The van der Waals surface area contributed by atoms with Crippen LogP contribution in [-0.4, -0.2) is 24.7 Å². The number of aliphatic carboxylic acids is 1. The molecule has 0 saturated carbocycles. The molecule has 0 aliphatic heterocycles. The first-order valence-corrected chi connectivity index (χ1v) is 7.27. The van der Waals surface area contributed by atoms with Crippen LogP contribution in [0.15, 0.2) is 48.5 Å². The van der Waals surface area contributed by atoms with Crippen LogP contribution in [0.5, 0.6) is 5.75 Å². The third-order valence-electron chi connectivity index (χ3n) is 3.65. The van der Waals surface area contributed by atoms with Crippen LogP contribution in [0.25, 0.3) is 0 Å². The molecule has 0 amide bonds. The minimum atomic E-state index is -0.896. The van der Waals surface area contributed by atoms with E-state index in [1.165, 1.54) is 0 Å². The Balaban J connectivity index is 2.52. The van der Waals surface area contributed by atoms with Crippen LogP contribution < -0.4 is 9.64 Å². The number of rotatable bonds is 6. The van der Waals surface area contributed by atoms with Crippen LogP contribution in [-0.2, 0) is 4.79 Å². The van der Waals surface area contributed by atoms with E-state index >= 15 is 0 Å². The van der Waals surface area contributed by atoms with Gasteiger partial charge in [0.15, 0.2) is 6.04 Å². The molecule has 22 heavy (non-hydrogen) atoms. The van der Waals surface area contributed by atoms with Gasteiger partial charge in [-0.15, -0.1) is 0 Å². The summed E-state index contributed by atoms with van der Waals surface area (Å²) in [5.74, 6) is -0.311. The lowest BCUT2D eigenvalue weighted by Crippen LogP contribution is -2.34. The van der Waals surface area contributed by atoms with E-state index in [1.54, 1.807) is 19.2 Å². The highest BCUT2D eigenvalue weighted by Crippen LogP contribution is 2.33. The molecule has 0 saturated heterocycles. The predicted molar refractivity (Wildman–Crippen MR) is 87.6 cm³/mol. The quantitative estimate of drug-likeness (QED) is 0.884. The number of aryl methyl sites for hydroxylation is 1. The number of carbonyl (C=O) groups is 1. The number of benzene rings is 2. The zero-order chi connectivity index (χ0) is 16.1. The van der Waals surface area contributed by atoms with E-state index in [-0.39, 0.29) is 0 Å². The molecule has 0 radical (unpaired) electrons.